The first kappa shape index (κ1) is 23.1. The van der Waals surface area contributed by atoms with Crippen molar-refractivity contribution >= 4 is 73.7 Å². The Bertz CT molecular complexity index is 693. The van der Waals surface area contributed by atoms with Gasteiger partial charge in [0.2, 0.25) is 0 Å². The van der Waals surface area contributed by atoms with Crippen LogP contribution in [0.1, 0.15) is 12.8 Å². The molecule has 0 saturated carbocycles. The van der Waals surface area contributed by atoms with Gasteiger partial charge in [0.25, 0.3) is 0 Å². The number of halogens is 3. The number of phenols is 1. The molecule has 0 aromatic heterocycles. The van der Waals surface area contributed by atoms with Gasteiger partial charge in [0.05, 0.1) is 7.15 Å². The predicted molar refractivity (Wildman–Crippen MR) is 113 cm³/mol. The standard InChI is InChI=1S/C15H14I3NO4.Y/c16-9-6-8(1-2-13(9)20)23-14-10(17)3-7(4-11(14)18)5-12(19)15(21)22;/h1-3,6-7,12,20H,4-5,19H2,(H,21,22);. The van der Waals surface area contributed by atoms with Gasteiger partial charge in [0.15, 0.2) is 0 Å². The fourth-order valence-corrected chi connectivity index (χ4v) is 5.06. The number of carbonyl (C=O) groups is 1. The maximum absolute atomic E-state index is 10.9. The van der Waals surface area contributed by atoms with E-state index in [0.717, 1.165) is 16.5 Å². The fraction of sp³-hybridized carbons (Fsp3) is 0.267. The van der Waals surface area contributed by atoms with Crippen LogP contribution in [-0.4, -0.2) is 22.2 Å². The summed E-state index contributed by atoms with van der Waals surface area (Å²) in [5.74, 6) is 0.756. The zero-order valence-corrected chi connectivity index (χ0v) is 21.7. The Morgan fingerprint density at radius 2 is 2.04 bits per heavy atom. The third-order valence-corrected chi connectivity index (χ3v) is 5.94. The molecule has 1 aliphatic carbocycles. The van der Waals surface area contributed by atoms with E-state index in [1.54, 1.807) is 18.2 Å². The molecular weight excluding hydrogens is 728 g/mol. The zero-order valence-electron chi connectivity index (χ0n) is 12.4. The SMILES string of the molecule is NC(CC1C=C(I)C(Oc2ccc(O)c(I)c2)=C(I)C1)C(=O)O.[Y]. The number of allylic oxidation sites excluding steroid dienone is 3. The summed E-state index contributed by atoms with van der Waals surface area (Å²) in [6.07, 6.45) is 3.11. The van der Waals surface area contributed by atoms with E-state index in [1.807, 2.05) is 28.7 Å². The van der Waals surface area contributed by atoms with Crippen molar-refractivity contribution in [3.05, 3.63) is 40.8 Å². The molecule has 0 amide bonds. The largest absolute Gasteiger partial charge is 0.507 e. The number of ether oxygens (including phenoxy) is 1. The van der Waals surface area contributed by atoms with Crippen LogP contribution in [0.3, 0.4) is 0 Å². The Balaban J connectivity index is 0.00000288. The number of carboxylic acid groups (broad SMARTS) is 1. The normalized spacial score (nSPS) is 18.5. The molecule has 2 atom stereocenters. The summed E-state index contributed by atoms with van der Waals surface area (Å²) in [4.78, 5) is 10.9. The quantitative estimate of drug-likeness (QED) is 0.395. The molecule has 5 nitrogen and oxygen atoms in total. The number of carboxylic acids is 1. The van der Waals surface area contributed by atoms with Crippen LogP contribution in [0.5, 0.6) is 11.5 Å². The third-order valence-electron chi connectivity index (χ3n) is 3.30. The molecule has 0 heterocycles. The summed E-state index contributed by atoms with van der Waals surface area (Å²) < 4.78 is 8.63. The summed E-state index contributed by atoms with van der Waals surface area (Å²) >= 11 is 6.46. The third kappa shape index (κ3) is 6.32. The van der Waals surface area contributed by atoms with Crippen LogP contribution < -0.4 is 10.5 Å². The van der Waals surface area contributed by atoms with E-state index >= 15 is 0 Å². The van der Waals surface area contributed by atoms with Gasteiger partial charge >= 0.3 is 5.97 Å². The molecule has 1 radical (unpaired) electrons. The second-order valence-corrected chi connectivity index (χ2v) is 8.74. The van der Waals surface area contributed by atoms with E-state index in [2.05, 4.69) is 45.2 Å². The zero-order chi connectivity index (χ0) is 17.1. The maximum atomic E-state index is 10.9. The molecule has 0 fully saturated rings. The summed E-state index contributed by atoms with van der Waals surface area (Å²) in [5, 5.41) is 18.5. The molecule has 1 aliphatic rings. The molecule has 0 saturated heterocycles. The van der Waals surface area contributed by atoms with E-state index in [9.17, 15) is 9.90 Å². The van der Waals surface area contributed by atoms with E-state index in [0.29, 0.717) is 18.6 Å². The van der Waals surface area contributed by atoms with E-state index in [4.69, 9.17) is 15.6 Å². The van der Waals surface area contributed by atoms with Crippen molar-refractivity contribution in [1.29, 1.82) is 0 Å². The minimum Gasteiger partial charge on any atom is -0.507 e. The minimum absolute atomic E-state index is 0. The van der Waals surface area contributed by atoms with Crippen LogP contribution >= 0.6 is 67.8 Å². The van der Waals surface area contributed by atoms with Gasteiger partial charge < -0.3 is 20.7 Å². The maximum Gasteiger partial charge on any atom is 0.320 e. The molecule has 0 aliphatic heterocycles. The van der Waals surface area contributed by atoms with Crippen molar-refractivity contribution in [2.24, 2.45) is 11.7 Å². The van der Waals surface area contributed by atoms with E-state index in [1.165, 1.54) is 0 Å². The van der Waals surface area contributed by atoms with Gasteiger partial charge in [-0.1, -0.05) is 6.08 Å². The van der Waals surface area contributed by atoms with Gasteiger partial charge in [0.1, 0.15) is 23.3 Å². The number of hydrogen-bond donors (Lipinski definition) is 3. The first-order valence-corrected chi connectivity index (χ1v) is 9.92. The Kier molecular flexibility index (Phi) is 9.98. The first-order chi connectivity index (χ1) is 10.8. The van der Waals surface area contributed by atoms with Crippen molar-refractivity contribution in [2.45, 2.75) is 18.9 Å². The smallest absolute Gasteiger partial charge is 0.320 e. The van der Waals surface area contributed by atoms with Crippen molar-refractivity contribution in [3.8, 4) is 11.5 Å². The fourth-order valence-electron chi connectivity index (χ4n) is 2.15. The van der Waals surface area contributed by atoms with Crippen molar-refractivity contribution in [3.63, 3.8) is 0 Å². The number of hydrogen-bond acceptors (Lipinski definition) is 4. The van der Waals surface area contributed by atoms with Crippen LogP contribution in [0.25, 0.3) is 0 Å². The Morgan fingerprint density at radius 3 is 2.58 bits per heavy atom. The summed E-state index contributed by atoms with van der Waals surface area (Å²) in [6, 6.07) is 4.22. The molecule has 1 aromatic carbocycles. The van der Waals surface area contributed by atoms with Gasteiger partial charge in [0, 0.05) is 36.3 Å². The summed E-state index contributed by atoms with van der Waals surface area (Å²) in [7, 11) is 0. The average Bonchev–Trinajstić information content (AvgIpc) is 2.46. The number of rotatable bonds is 5. The molecule has 0 spiro atoms. The average molecular weight is 742 g/mol. The molecule has 24 heavy (non-hydrogen) atoms. The molecule has 0 bridgehead atoms. The minimum atomic E-state index is -0.979. The first-order valence-electron chi connectivity index (χ1n) is 6.69. The number of aromatic hydroxyl groups is 1. The molecular formula is C15H14I3NO4Y. The number of phenolic OH excluding ortho intramolecular Hbond substituents is 1. The molecule has 4 N–H and O–H groups in total. The van der Waals surface area contributed by atoms with E-state index in [-0.39, 0.29) is 44.4 Å². The van der Waals surface area contributed by atoms with Crippen LogP contribution in [-0.2, 0) is 37.5 Å². The van der Waals surface area contributed by atoms with Gasteiger partial charge in [-0.2, -0.15) is 0 Å². The van der Waals surface area contributed by atoms with Crippen LogP contribution in [0, 0.1) is 9.49 Å². The molecule has 9 heteroatoms. The topological polar surface area (TPSA) is 92.8 Å². The van der Waals surface area contributed by atoms with Crippen LogP contribution in [0.4, 0.5) is 0 Å². The Hall–Kier alpha value is 1.02. The van der Waals surface area contributed by atoms with Gasteiger partial charge in [-0.3, -0.25) is 4.79 Å². The van der Waals surface area contributed by atoms with Gasteiger partial charge in [-0.25, -0.2) is 0 Å². The van der Waals surface area contributed by atoms with Crippen molar-refractivity contribution in [1.82, 2.24) is 0 Å². The second kappa shape index (κ2) is 10.4. The monoisotopic (exact) mass is 742 g/mol. The number of benzene rings is 1. The van der Waals surface area contributed by atoms with Crippen molar-refractivity contribution < 1.29 is 52.5 Å². The van der Waals surface area contributed by atoms with Gasteiger partial charge in [-0.05, 0) is 105 Å². The number of aliphatic carboxylic acids is 1. The van der Waals surface area contributed by atoms with Crippen LogP contribution in [0.15, 0.2) is 37.2 Å². The Morgan fingerprint density at radius 1 is 1.38 bits per heavy atom. The predicted octanol–water partition coefficient (Wildman–Crippen LogP) is 4.16. The number of nitrogens with two attached hydrogens (primary N) is 1. The van der Waals surface area contributed by atoms with Gasteiger partial charge in [-0.15, -0.1) is 0 Å². The molecule has 1 aromatic rings. The van der Waals surface area contributed by atoms with Crippen molar-refractivity contribution in [2.75, 3.05) is 0 Å². The van der Waals surface area contributed by atoms with Crippen LogP contribution in [0.2, 0.25) is 0 Å². The molecule has 127 valence electrons. The van der Waals surface area contributed by atoms with E-state index < -0.39 is 12.0 Å². The summed E-state index contributed by atoms with van der Waals surface area (Å²) in [6.45, 7) is 0. The molecule has 2 unspecified atom stereocenters. The Labute approximate surface area is 206 Å². The molecule has 2 rings (SSSR count). The summed E-state index contributed by atoms with van der Waals surface area (Å²) in [5.41, 5.74) is 5.62. The second-order valence-electron chi connectivity index (χ2n) is 5.11.